The van der Waals surface area contributed by atoms with Gasteiger partial charge in [-0.1, -0.05) is 42.6 Å². The molecule has 0 bridgehead atoms. The van der Waals surface area contributed by atoms with E-state index in [1.807, 2.05) is 6.92 Å². The van der Waals surface area contributed by atoms with Crippen LogP contribution in [0, 0.1) is 12.3 Å². The Bertz CT molecular complexity index is 422. The largest absolute Gasteiger partial charge is 0.299 e. The van der Waals surface area contributed by atoms with Crippen molar-refractivity contribution < 1.29 is 0 Å². The highest BCUT2D eigenvalue weighted by Gasteiger charge is 2.28. The molecule has 0 aliphatic carbocycles. The summed E-state index contributed by atoms with van der Waals surface area (Å²) in [6.45, 7) is 7.00. The predicted octanol–water partition coefficient (Wildman–Crippen LogP) is 3.53. The van der Waals surface area contributed by atoms with Gasteiger partial charge >= 0.3 is 0 Å². The molecule has 1 rings (SSSR count). The molecule has 0 radical (unpaired) electrons. The second-order valence-electron chi connectivity index (χ2n) is 5.13. The van der Waals surface area contributed by atoms with Gasteiger partial charge in [0.25, 0.3) is 5.56 Å². The Balaban J connectivity index is 2.98. The van der Waals surface area contributed by atoms with Gasteiger partial charge in [-0.3, -0.25) is 9.36 Å². The maximum absolute atomic E-state index is 11.9. The van der Waals surface area contributed by atoms with Gasteiger partial charge < -0.3 is 0 Å². The second-order valence-corrected chi connectivity index (χ2v) is 5.69. The lowest BCUT2D eigenvalue weighted by atomic mass is 9.81. The van der Waals surface area contributed by atoms with Crippen molar-refractivity contribution >= 4 is 15.9 Å². The first-order chi connectivity index (χ1) is 8.56. The molecule has 4 heteroatoms. The van der Waals surface area contributed by atoms with Crippen LogP contribution in [0.2, 0.25) is 0 Å². The smallest absolute Gasteiger partial charge is 0.253 e. The van der Waals surface area contributed by atoms with Crippen LogP contribution in [-0.2, 0) is 6.54 Å². The van der Waals surface area contributed by atoms with Crippen molar-refractivity contribution in [2.75, 3.05) is 5.33 Å². The van der Waals surface area contributed by atoms with E-state index in [0.717, 1.165) is 43.3 Å². The third-order valence-corrected chi connectivity index (χ3v) is 4.56. The van der Waals surface area contributed by atoms with Crippen LogP contribution in [0.4, 0.5) is 0 Å². The van der Waals surface area contributed by atoms with Gasteiger partial charge in [-0.25, -0.2) is 4.98 Å². The molecule has 0 fully saturated rings. The van der Waals surface area contributed by atoms with E-state index in [4.69, 9.17) is 0 Å². The van der Waals surface area contributed by atoms with Gasteiger partial charge in [-0.2, -0.15) is 0 Å². The molecule has 3 nitrogen and oxygen atoms in total. The van der Waals surface area contributed by atoms with Crippen molar-refractivity contribution in [1.29, 1.82) is 0 Å². The van der Waals surface area contributed by atoms with Crippen LogP contribution in [0.15, 0.2) is 17.2 Å². The summed E-state index contributed by atoms with van der Waals surface area (Å²) >= 11 is 3.64. The highest BCUT2D eigenvalue weighted by atomic mass is 79.9. The molecule has 1 heterocycles. The summed E-state index contributed by atoms with van der Waals surface area (Å²) in [4.78, 5) is 16.2. The first-order valence-electron chi connectivity index (χ1n) is 6.66. The van der Waals surface area contributed by atoms with Crippen LogP contribution in [0.25, 0.3) is 0 Å². The van der Waals surface area contributed by atoms with Crippen molar-refractivity contribution in [3.63, 3.8) is 0 Å². The monoisotopic (exact) mass is 314 g/mol. The number of aryl methyl sites for hydroxylation is 1. The first-order valence-corrected chi connectivity index (χ1v) is 7.78. The zero-order chi connectivity index (χ0) is 13.6. The van der Waals surface area contributed by atoms with Gasteiger partial charge in [0.2, 0.25) is 0 Å². The molecule has 0 atom stereocenters. The highest BCUT2D eigenvalue weighted by molar-refractivity contribution is 9.09. The molecule has 0 N–H and O–H groups in total. The number of aromatic nitrogens is 2. The summed E-state index contributed by atoms with van der Waals surface area (Å²) in [6, 6.07) is 1.61. The molecule has 1 aromatic rings. The summed E-state index contributed by atoms with van der Waals surface area (Å²) in [5, 5.41) is 0.933. The average molecular weight is 315 g/mol. The maximum Gasteiger partial charge on any atom is 0.253 e. The summed E-state index contributed by atoms with van der Waals surface area (Å²) in [6.07, 6.45) is 6.22. The number of halogens is 1. The molecule has 18 heavy (non-hydrogen) atoms. The fourth-order valence-corrected chi connectivity index (χ4v) is 3.25. The van der Waals surface area contributed by atoms with E-state index in [-0.39, 0.29) is 11.0 Å². The van der Waals surface area contributed by atoms with Crippen LogP contribution in [0.3, 0.4) is 0 Å². The zero-order valence-corrected chi connectivity index (χ0v) is 13.2. The van der Waals surface area contributed by atoms with Gasteiger partial charge in [-0.15, -0.1) is 0 Å². The van der Waals surface area contributed by atoms with Crippen molar-refractivity contribution in [2.24, 2.45) is 5.41 Å². The molecular weight excluding hydrogens is 292 g/mol. The summed E-state index contributed by atoms with van der Waals surface area (Å²) in [5.74, 6) is 0. The Morgan fingerprint density at radius 2 is 1.94 bits per heavy atom. The fraction of sp³-hybridized carbons (Fsp3) is 0.714. The molecule has 0 saturated carbocycles. The number of hydrogen-bond acceptors (Lipinski definition) is 2. The molecule has 102 valence electrons. The third kappa shape index (κ3) is 3.94. The minimum absolute atomic E-state index is 0.0556. The lowest BCUT2D eigenvalue weighted by molar-refractivity contribution is 0.229. The van der Waals surface area contributed by atoms with E-state index in [2.05, 4.69) is 34.8 Å². The number of hydrogen-bond donors (Lipinski definition) is 0. The molecule has 1 aromatic heterocycles. The highest BCUT2D eigenvalue weighted by Crippen LogP contribution is 2.33. The molecule has 0 aliphatic heterocycles. The lowest BCUT2D eigenvalue weighted by Crippen LogP contribution is -2.33. The van der Waals surface area contributed by atoms with E-state index >= 15 is 0 Å². The first kappa shape index (κ1) is 15.4. The Labute approximate surface area is 118 Å². The molecule has 0 unspecified atom stereocenters. The van der Waals surface area contributed by atoms with Crippen LogP contribution in [0.1, 0.15) is 45.2 Å². The van der Waals surface area contributed by atoms with Gasteiger partial charge in [0.1, 0.15) is 0 Å². The lowest BCUT2D eigenvalue weighted by Gasteiger charge is -2.32. The SMILES string of the molecule is CCCC(CBr)(CCC)Cn1cnc(C)cc1=O. The normalized spacial score (nSPS) is 11.8. The Kier molecular flexibility index (Phi) is 6.06. The minimum atomic E-state index is 0.0556. The van der Waals surface area contributed by atoms with E-state index < -0.39 is 0 Å². The van der Waals surface area contributed by atoms with Gasteiger partial charge in [-0.05, 0) is 25.2 Å². The summed E-state index contributed by atoms with van der Waals surface area (Å²) in [7, 11) is 0. The third-order valence-electron chi connectivity index (χ3n) is 3.37. The molecule has 0 amide bonds. The fourth-order valence-electron chi connectivity index (χ4n) is 2.52. The van der Waals surface area contributed by atoms with Crippen molar-refractivity contribution in [3.05, 3.63) is 28.4 Å². The van der Waals surface area contributed by atoms with Crippen LogP contribution in [0.5, 0.6) is 0 Å². The molecule has 0 spiro atoms. The van der Waals surface area contributed by atoms with Crippen LogP contribution >= 0.6 is 15.9 Å². The van der Waals surface area contributed by atoms with E-state index in [9.17, 15) is 4.79 Å². The standard InChI is InChI=1S/C14H23BrN2O/c1-4-6-14(9-15,7-5-2)10-17-11-16-12(3)8-13(17)18/h8,11H,4-7,9-10H2,1-3H3. The van der Waals surface area contributed by atoms with Crippen LogP contribution < -0.4 is 5.56 Å². The topological polar surface area (TPSA) is 34.9 Å². The average Bonchev–Trinajstić information content (AvgIpc) is 2.33. The number of nitrogens with zero attached hydrogens (tertiary/aromatic N) is 2. The Hall–Kier alpha value is -0.640. The summed E-state index contributed by atoms with van der Waals surface area (Å²) in [5.41, 5.74) is 1.01. The summed E-state index contributed by atoms with van der Waals surface area (Å²) < 4.78 is 1.75. The van der Waals surface area contributed by atoms with E-state index in [1.165, 1.54) is 0 Å². The number of rotatable bonds is 7. The quantitative estimate of drug-likeness (QED) is 0.722. The van der Waals surface area contributed by atoms with E-state index in [1.54, 1.807) is 17.0 Å². The molecular formula is C14H23BrN2O. The Morgan fingerprint density at radius 1 is 1.33 bits per heavy atom. The van der Waals surface area contributed by atoms with Crippen molar-refractivity contribution in [3.8, 4) is 0 Å². The Morgan fingerprint density at radius 3 is 2.39 bits per heavy atom. The number of alkyl halides is 1. The van der Waals surface area contributed by atoms with Crippen LogP contribution in [-0.4, -0.2) is 14.9 Å². The van der Waals surface area contributed by atoms with Gasteiger partial charge in [0.15, 0.2) is 0 Å². The zero-order valence-electron chi connectivity index (χ0n) is 11.6. The van der Waals surface area contributed by atoms with E-state index in [0.29, 0.717) is 0 Å². The van der Waals surface area contributed by atoms with Crippen molar-refractivity contribution in [1.82, 2.24) is 9.55 Å². The molecule has 0 aromatic carbocycles. The van der Waals surface area contributed by atoms with Gasteiger partial charge in [0.05, 0.1) is 6.33 Å². The second kappa shape index (κ2) is 7.07. The maximum atomic E-state index is 11.9. The molecule has 0 aliphatic rings. The predicted molar refractivity (Wildman–Crippen MR) is 79.3 cm³/mol. The van der Waals surface area contributed by atoms with Gasteiger partial charge in [0, 0.05) is 23.6 Å². The van der Waals surface area contributed by atoms with Crippen molar-refractivity contribution in [2.45, 2.75) is 53.0 Å². The molecule has 0 saturated heterocycles. The minimum Gasteiger partial charge on any atom is -0.299 e.